The quantitative estimate of drug-likeness (QED) is 0.856. The van der Waals surface area contributed by atoms with Crippen molar-refractivity contribution >= 4 is 23.2 Å². The Balaban J connectivity index is 2.08. The summed E-state index contributed by atoms with van der Waals surface area (Å²) in [6.45, 7) is 3.76. The molecule has 0 atom stereocenters. The number of carbonyl (C=O) groups excluding carboxylic acids is 2. The third-order valence-electron chi connectivity index (χ3n) is 3.25. The van der Waals surface area contributed by atoms with E-state index in [4.69, 9.17) is 4.74 Å². The van der Waals surface area contributed by atoms with Crippen LogP contribution in [-0.2, 0) is 9.59 Å². The van der Waals surface area contributed by atoms with Crippen molar-refractivity contribution in [2.45, 2.75) is 13.8 Å². The number of hydrogen-bond acceptors (Lipinski definition) is 3. The van der Waals surface area contributed by atoms with Crippen molar-refractivity contribution in [2.75, 3.05) is 17.7 Å². The smallest absolute Gasteiger partial charge is 0.314 e. The van der Waals surface area contributed by atoms with Crippen LogP contribution in [0.25, 0.3) is 0 Å². The standard InChI is InChI=1S/C17H18N2O3/c1-11-6-4-7-12(2)15(11)19-17(21)16(20)18-13-8-5-9-14(10-13)22-3/h4-10H,1-3H3,(H,18,20)(H,19,21). The van der Waals surface area contributed by atoms with Gasteiger partial charge in [0.15, 0.2) is 0 Å². The second-order valence-corrected chi connectivity index (χ2v) is 4.91. The molecule has 0 aromatic heterocycles. The first kappa shape index (κ1) is 15.6. The average Bonchev–Trinajstić information content (AvgIpc) is 2.51. The van der Waals surface area contributed by atoms with Gasteiger partial charge in [-0.1, -0.05) is 24.3 Å². The van der Waals surface area contributed by atoms with Gasteiger partial charge in [0.1, 0.15) is 5.75 Å². The summed E-state index contributed by atoms with van der Waals surface area (Å²) in [7, 11) is 1.54. The van der Waals surface area contributed by atoms with Gasteiger partial charge in [0.25, 0.3) is 0 Å². The van der Waals surface area contributed by atoms with Crippen LogP contribution in [0.2, 0.25) is 0 Å². The molecule has 0 heterocycles. The van der Waals surface area contributed by atoms with E-state index in [1.54, 1.807) is 24.3 Å². The maximum absolute atomic E-state index is 12.0. The SMILES string of the molecule is COc1cccc(NC(=O)C(=O)Nc2c(C)cccc2C)c1. The van der Waals surface area contributed by atoms with Crippen molar-refractivity contribution in [1.82, 2.24) is 0 Å². The Morgan fingerprint density at radius 2 is 1.50 bits per heavy atom. The first-order valence-electron chi connectivity index (χ1n) is 6.84. The van der Waals surface area contributed by atoms with Crippen LogP contribution in [0, 0.1) is 13.8 Å². The molecule has 2 amide bonds. The summed E-state index contributed by atoms with van der Waals surface area (Å²) in [6.07, 6.45) is 0. The zero-order valence-electron chi connectivity index (χ0n) is 12.8. The number of nitrogens with one attached hydrogen (secondary N) is 2. The van der Waals surface area contributed by atoms with Gasteiger partial charge in [0.05, 0.1) is 7.11 Å². The first-order valence-corrected chi connectivity index (χ1v) is 6.84. The number of amides is 2. The Morgan fingerprint density at radius 3 is 2.14 bits per heavy atom. The lowest BCUT2D eigenvalue weighted by molar-refractivity contribution is -0.133. The normalized spacial score (nSPS) is 9.95. The van der Waals surface area contributed by atoms with Crippen LogP contribution in [0.1, 0.15) is 11.1 Å². The van der Waals surface area contributed by atoms with Crippen LogP contribution in [0.5, 0.6) is 5.75 Å². The topological polar surface area (TPSA) is 67.4 Å². The van der Waals surface area contributed by atoms with Crippen LogP contribution in [-0.4, -0.2) is 18.9 Å². The van der Waals surface area contributed by atoms with Crippen molar-refractivity contribution in [1.29, 1.82) is 0 Å². The average molecular weight is 298 g/mol. The number of anilines is 2. The van der Waals surface area contributed by atoms with Crippen molar-refractivity contribution in [3.63, 3.8) is 0 Å². The van der Waals surface area contributed by atoms with Crippen molar-refractivity contribution in [2.24, 2.45) is 0 Å². The highest BCUT2D eigenvalue weighted by atomic mass is 16.5. The van der Waals surface area contributed by atoms with E-state index in [-0.39, 0.29) is 0 Å². The van der Waals surface area contributed by atoms with E-state index >= 15 is 0 Å². The molecule has 114 valence electrons. The Hall–Kier alpha value is -2.82. The van der Waals surface area contributed by atoms with E-state index in [0.29, 0.717) is 17.1 Å². The fourth-order valence-corrected chi connectivity index (χ4v) is 2.07. The van der Waals surface area contributed by atoms with E-state index in [1.807, 2.05) is 32.0 Å². The van der Waals surface area contributed by atoms with Crippen LogP contribution in [0.15, 0.2) is 42.5 Å². The van der Waals surface area contributed by atoms with Crippen LogP contribution >= 0.6 is 0 Å². The van der Waals surface area contributed by atoms with Gasteiger partial charge in [-0.25, -0.2) is 0 Å². The molecule has 0 unspecified atom stereocenters. The number of carbonyl (C=O) groups is 2. The van der Waals surface area contributed by atoms with Gasteiger partial charge < -0.3 is 15.4 Å². The van der Waals surface area contributed by atoms with E-state index in [1.165, 1.54) is 7.11 Å². The van der Waals surface area contributed by atoms with Gasteiger partial charge in [-0.05, 0) is 37.1 Å². The lowest BCUT2D eigenvalue weighted by Gasteiger charge is -2.11. The van der Waals surface area contributed by atoms with Crippen molar-refractivity contribution < 1.29 is 14.3 Å². The molecule has 5 nitrogen and oxygen atoms in total. The lowest BCUT2D eigenvalue weighted by atomic mass is 10.1. The molecular formula is C17H18N2O3. The van der Waals surface area contributed by atoms with E-state index in [0.717, 1.165) is 11.1 Å². The Labute approximate surface area is 129 Å². The minimum Gasteiger partial charge on any atom is -0.497 e. The largest absolute Gasteiger partial charge is 0.497 e. The molecule has 0 saturated heterocycles. The summed E-state index contributed by atoms with van der Waals surface area (Å²) < 4.78 is 5.07. The highest BCUT2D eigenvalue weighted by Crippen LogP contribution is 2.20. The summed E-state index contributed by atoms with van der Waals surface area (Å²) in [6, 6.07) is 12.5. The molecule has 0 bridgehead atoms. The van der Waals surface area contributed by atoms with E-state index in [9.17, 15) is 9.59 Å². The highest BCUT2D eigenvalue weighted by molar-refractivity contribution is 6.43. The Kier molecular flexibility index (Phi) is 4.78. The maximum Gasteiger partial charge on any atom is 0.314 e. The van der Waals surface area contributed by atoms with Crippen molar-refractivity contribution in [3.05, 3.63) is 53.6 Å². The summed E-state index contributed by atoms with van der Waals surface area (Å²) in [5, 5.41) is 5.19. The fourth-order valence-electron chi connectivity index (χ4n) is 2.07. The molecule has 2 N–H and O–H groups in total. The number of hydrogen-bond donors (Lipinski definition) is 2. The number of benzene rings is 2. The molecule has 0 spiro atoms. The summed E-state index contributed by atoms with van der Waals surface area (Å²) >= 11 is 0. The van der Waals surface area contributed by atoms with Gasteiger partial charge in [0, 0.05) is 17.4 Å². The van der Waals surface area contributed by atoms with E-state index < -0.39 is 11.8 Å². The predicted molar refractivity (Wildman–Crippen MR) is 86.2 cm³/mol. The number of ether oxygens (including phenoxy) is 1. The molecule has 0 saturated carbocycles. The second-order valence-electron chi connectivity index (χ2n) is 4.91. The third kappa shape index (κ3) is 3.63. The Morgan fingerprint density at radius 1 is 0.909 bits per heavy atom. The molecule has 0 fully saturated rings. The molecule has 2 aromatic carbocycles. The van der Waals surface area contributed by atoms with Crippen molar-refractivity contribution in [3.8, 4) is 5.75 Å². The molecular weight excluding hydrogens is 280 g/mol. The van der Waals surface area contributed by atoms with Gasteiger partial charge in [-0.3, -0.25) is 9.59 Å². The van der Waals surface area contributed by atoms with E-state index in [2.05, 4.69) is 10.6 Å². The molecule has 0 radical (unpaired) electrons. The summed E-state index contributed by atoms with van der Waals surface area (Å²) in [5.74, 6) is -0.830. The molecule has 2 rings (SSSR count). The summed E-state index contributed by atoms with van der Waals surface area (Å²) in [4.78, 5) is 24.0. The zero-order chi connectivity index (χ0) is 16.1. The van der Waals surface area contributed by atoms with Gasteiger partial charge in [-0.15, -0.1) is 0 Å². The molecule has 5 heteroatoms. The lowest BCUT2D eigenvalue weighted by Crippen LogP contribution is -2.29. The number of para-hydroxylation sites is 1. The van der Waals surface area contributed by atoms with Crippen LogP contribution in [0.4, 0.5) is 11.4 Å². The molecule has 2 aromatic rings. The monoisotopic (exact) mass is 298 g/mol. The summed E-state index contributed by atoms with van der Waals surface area (Å²) in [5.41, 5.74) is 2.97. The minimum atomic E-state index is -0.726. The second kappa shape index (κ2) is 6.76. The first-order chi connectivity index (χ1) is 10.5. The zero-order valence-corrected chi connectivity index (χ0v) is 12.8. The predicted octanol–water partition coefficient (Wildman–Crippen LogP) is 2.89. The number of rotatable bonds is 3. The fraction of sp³-hybridized carbons (Fsp3) is 0.176. The third-order valence-corrected chi connectivity index (χ3v) is 3.25. The van der Waals surface area contributed by atoms with Crippen LogP contribution < -0.4 is 15.4 Å². The molecule has 0 aliphatic heterocycles. The van der Waals surface area contributed by atoms with Gasteiger partial charge in [-0.2, -0.15) is 0 Å². The minimum absolute atomic E-state index is 0.501. The maximum atomic E-state index is 12.0. The highest BCUT2D eigenvalue weighted by Gasteiger charge is 2.16. The van der Waals surface area contributed by atoms with Gasteiger partial charge >= 0.3 is 11.8 Å². The van der Waals surface area contributed by atoms with Crippen LogP contribution in [0.3, 0.4) is 0 Å². The molecule has 22 heavy (non-hydrogen) atoms. The Bertz CT molecular complexity index is 691. The molecule has 0 aliphatic rings. The van der Waals surface area contributed by atoms with Gasteiger partial charge in [0.2, 0.25) is 0 Å². The number of methoxy groups -OCH3 is 1. The molecule has 0 aliphatic carbocycles. The number of aryl methyl sites for hydroxylation is 2.